The van der Waals surface area contributed by atoms with E-state index in [4.69, 9.17) is 4.74 Å². The Morgan fingerprint density at radius 1 is 1.33 bits per heavy atom. The third-order valence-electron chi connectivity index (χ3n) is 3.07. The van der Waals surface area contributed by atoms with Gasteiger partial charge in [-0.25, -0.2) is 8.42 Å². The van der Waals surface area contributed by atoms with Crippen LogP contribution in [-0.2, 0) is 19.6 Å². The Morgan fingerprint density at radius 3 is 2.48 bits per heavy atom. The number of benzene rings is 1. The molecule has 6 nitrogen and oxygen atoms in total. The Bertz CT molecular complexity index is 545. The van der Waals surface area contributed by atoms with Crippen molar-refractivity contribution in [1.29, 1.82) is 0 Å². The molecule has 1 N–H and O–H groups in total. The molecule has 1 aromatic carbocycles. The number of rotatable bonds is 8. The Morgan fingerprint density at radius 2 is 1.95 bits per heavy atom. The number of carbonyl (C=O) groups excluding carboxylic acids is 1. The van der Waals surface area contributed by atoms with Crippen LogP contribution >= 0.6 is 0 Å². The minimum absolute atomic E-state index is 0.210. The molecule has 1 aromatic rings. The number of carbonyl (C=O) groups is 1. The van der Waals surface area contributed by atoms with E-state index in [-0.39, 0.29) is 12.5 Å². The Hall–Kier alpha value is -1.44. The van der Waals surface area contributed by atoms with Crippen LogP contribution in [0.5, 0.6) is 0 Å². The van der Waals surface area contributed by atoms with Gasteiger partial charge in [-0.3, -0.25) is 4.79 Å². The van der Waals surface area contributed by atoms with Crippen LogP contribution in [0.15, 0.2) is 30.3 Å². The van der Waals surface area contributed by atoms with Gasteiger partial charge in [0.1, 0.15) is 0 Å². The summed E-state index contributed by atoms with van der Waals surface area (Å²) in [5.74, 6) is -0.347. The topological polar surface area (TPSA) is 75.7 Å². The predicted molar refractivity (Wildman–Crippen MR) is 81.3 cm³/mol. The summed E-state index contributed by atoms with van der Waals surface area (Å²) in [6, 6.07) is 8.81. The minimum atomic E-state index is -3.50. The molecule has 0 spiro atoms. The van der Waals surface area contributed by atoms with E-state index in [1.807, 2.05) is 30.3 Å². The van der Waals surface area contributed by atoms with Gasteiger partial charge in [0, 0.05) is 19.7 Å². The zero-order valence-electron chi connectivity index (χ0n) is 12.6. The SMILES string of the molecule is COCCNC(=O)CN(C(C)c1ccccc1)S(C)(=O)=O. The molecule has 1 unspecified atom stereocenters. The summed E-state index contributed by atoms with van der Waals surface area (Å²) in [6.45, 7) is 2.29. The molecule has 0 fully saturated rings. The fourth-order valence-electron chi connectivity index (χ4n) is 1.93. The Kier molecular flexibility index (Phi) is 6.80. The van der Waals surface area contributed by atoms with Crippen molar-refractivity contribution in [1.82, 2.24) is 9.62 Å². The molecular weight excluding hydrogens is 292 g/mol. The van der Waals surface area contributed by atoms with E-state index in [2.05, 4.69) is 5.32 Å². The second kappa shape index (κ2) is 8.11. The van der Waals surface area contributed by atoms with Gasteiger partial charge in [-0.2, -0.15) is 4.31 Å². The number of methoxy groups -OCH3 is 1. The third-order valence-corrected chi connectivity index (χ3v) is 4.37. The largest absolute Gasteiger partial charge is 0.383 e. The van der Waals surface area contributed by atoms with Crippen LogP contribution in [-0.4, -0.2) is 51.7 Å². The molecule has 0 aliphatic carbocycles. The van der Waals surface area contributed by atoms with Gasteiger partial charge in [0.25, 0.3) is 0 Å². The highest BCUT2D eigenvalue weighted by Gasteiger charge is 2.26. The molecule has 1 atom stereocenters. The first kappa shape index (κ1) is 17.6. The van der Waals surface area contributed by atoms with Crippen molar-refractivity contribution in [3.05, 3.63) is 35.9 Å². The molecule has 1 amide bonds. The molecule has 0 aliphatic rings. The average molecular weight is 314 g/mol. The Labute approximate surface area is 126 Å². The van der Waals surface area contributed by atoms with Gasteiger partial charge in [-0.1, -0.05) is 30.3 Å². The fraction of sp³-hybridized carbons (Fsp3) is 0.500. The van der Waals surface area contributed by atoms with E-state index < -0.39 is 16.1 Å². The molecule has 0 saturated heterocycles. The summed E-state index contributed by atoms with van der Waals surface area (Å²) in [5, 5.41) is 2.62. The van der Waals surface area contributed by atoms with Crippen LogP contribution in [0.2, 0.25) is 0 Å². The van der Waals surface area contributed by atoms with Gasteiger partial charge >= 0.3 is 0 Å². The van der Waals surface area contributed by atoms with Crippen molar-refractivity contribution in [2.45, 2.75) is 13.0 Å². The Balaban J connectivity index is 2.80. The molecule has 7 heteroatoms. The van der Waals surface area contributed by atoms with Crippen molar-refractivity contribution in [2.75, 3.05) is 33.1 Å². The number of sulfonamides is 1. The minimum Gasteiger partial charge on any atom is -0.383 e. The van der Waals surface area contributed by atoms with Crippen LogP contribution < -0.4 is 5.32 Å². The fourth-order valence-corrected chi connectivity index (χ4v) is 2.98. The van der Waals surface area contributed by atoms with Crippen molar-refractivity contribution in [3.8, 4) is 0 Å². The first-order chi connectivity index (χ1) is 9.86. The number of nitrogens with zero attached hydrogens (tertiary/aromatic N) is 1. The number of amides is 1. The standard InChI is InChI=1S/C14H22N2O4S/c1-12(13-7-5-4-6-8-13)16(21(3,18)19)11-14(17)15-9-10-20-2/h4-8,12H,9-11H2,1-3H3,(H,15,17). The van der Waals surface area contributed by atoms with E-state index in [0.29, 0.717) is 13.2 Å². The average Bonchev–Trinajstić information content (AvgIpc) is 2.44. The summed E-state index contributed by atoms with van der Waals surface area (Å²) in [6.07, 6.45) is 1.11. The van der Waals surface area contributed by atoms with Crippen molar-refractivity contribution < 1.29 is 17.9 Å². The zero-order chi connectivity index (χ0) is 15.9. The summed E-state index contributed by atoms with van der Waals surface area (Å²) in [5.41, 5.74) is 0.840. The molecule has 0 radical (unpaired) electrons. The molecule has 0 aliphatic heterocycles. The molecule has 0 heterocycles. The highest BCUT2D eigenvalue weighted by Crippen LogP contribution is 2.22. The maximum absolute atomic E-state index is 11.9. The van der Waals surface area contributed by atoms with Crippen LogP contribution in [0.4, 0.5) is 0 Å². The van der Waals surface area contributed by atoms with Gasteiger partial charge in [-0.05, 0) is 12.5 Å². The smallest absolute Gasteiger partial charge is 0.235 e. The van der Waals surface area contributed by atoms with Gasteiger partial charge in [0.05, 0.1) is 19.4 Å². The predicted octanol–water partition coefficient (Wildman–Crippen LogP) is 0.772. The number of nitrogens with one attached hydrogen (secondary N) is 1. The van der Waals surface area contributed by atoms with Crippen molar-refractivity contribution in [3.63, 3.8) is 0 Å². The lowest BCUT2D eigenvalue weighted by Crippen LogP contribution is -2.42. The van der Waals surface area contributed by atoms with E-state index >= 15 is 0 Å². The van der Waals surface area contributed by atoms with E-state index in [0.717, 1.165) is 11.8 Å². The quantitative estimate of drug-likeness (QED) is 0.719. The molecular formula is C14H22N2O4S. The number of hydrogen-bond acceptors (Lipinski definition) is 4. The van der Waals surface area contributed by atoms with E-state index in [1.165, 1.54) is 11.4 Å². The third kappa shape index (κ3) is 5.82. The van der Waals surface area contributed by atoms with Gasteiger partial charge in [0.15, 0.2) is 0 Å². The van der Waals surface area contributed by atoms with Gasteiger partial charge < -0.3 is 10.1 Å². The molecule has 0 bridgehead atoms. The highest BCUT2D eigenvalue weighted by molar-refractivity contribution is 7.88. The normalized spacial score (nSPS) is 13.1. The van der Waals surface area contributed by atoms with Gasteiger partial charge in [0.2, 0.25) is 15.9 Å². The maximum atomic E-state index is 11.9. The van der Waals surface area contributed by atoms with Crippen molar-refractivity contribution in [2.24, 2.45) is 0 Å². The summed E-state index contributed by atoms with van der Waals surface area (Å²) in [4.78, 5) is 11.8. The first-order valence-electron chi connectivity index (χ1n) is 6.63. The second-order valence-corrected chi connectivity index (χ2v) is 6.67. The van der Waals surface area contributed by atoms with E-state index in [1.54, 1.807) is 6.92 Å². The van der Waals surface area contributed by atoms with Crippen LogP contribution in [0.3, 0.4) is 0 Å². The molecule has 1 rings (SSSR count). The van der Waals surface area contributed by atoms with Gasteiger partial charge in [-0.15, -0.1) is 0 Å². The lowest BCUT2D eigenvalue weighted by molar-refractivity contribution is -0.121. The van der Waals surface area contributed by atoms with Crippen LogP contribution in [0.25, 0.3) is 0 Å². The number of hydrogen-bond donors (Lipinski definition) is 1. The monoisotopic (exact) mass is 314 g/mol. The molecule has 0 saturated carbocycles. The maximum Gasteiger partial charge on any atom is 0.235 e. The lowest BCUT2D eigenvalue weighted by Gasteiger charge is -2.26. The summed E-state index contributed by atoms with van der Waals surface area (Å²) >= 11 is 0. The van der Waals surface area contributed by atoms with Crippen molar-refractivity contribution >= 4 is 15.9 Å². The second-order valence-electron chi connectivity index (χ2n) is 4.74. The van der Waals surface area contributed by atoms with Crippen LogP contribution in [0, 0.1) is 0 Å². The lowest BCUT2D eigenvalue weighted by atomic mass is 10.1. The highest BCUT2D eigenvalue weighted by atomic mass is 32.2. The van der Waals surface area contributed by atoms with E-state index in [9.17, 15) is 13.2 Å². The summed E-state index contributed by atoms with van der Waals surface area (Å²) < 4.78 is 29.9. The molecule has 118 valence electrons. The molecule has 0 aromatic heterocycles. The number of ether oxygens (including phenoxy) is 1. The summed E-state index contributed by atoms with van der Waals surface area (Å²) in [7, 11) is -1.96. The molecule has 21 heavy (non-hydrogen) atoms. The zero-order valence-corrected chi connectivity index (χ0v) is 13.4. The first-order valence-corrected chi connectivity index (χ1v) is 8.48. The van der Waals surface area contributed by atoms with Crippen LogP contribution in [0.1, 0.15) is 18.5 Å².